The van der Waals surface area contributed by atoms with Gasteiger partial charge in [0, 0.05) is 18.4 Å². The Morgan fingerprint density at radius 1 is 1.53 bits per heavy atom. The number of benzene rings is 1. The van der Waals surface area contributed by atoms with Gasteiger partial charge >= 0.3 is 0 Å². The van der Waals surface area contributed by atoms with Crippen molar-refractivity contribution in [2.24, 2.45) is 0 Å². The Kier molecular flexibility index (Phi) is 3.14. The second kappa shape index (κ2) is 4.58. The summed E-state index contributed by atoms with van der Waals surface area (Å²) in [7, 11) is 0. The quantitative estimate of drug-likeness (QED) is 0.509. The zero-order valence-electron chi connectivity index (χ0n) is 8.68. The molecule has 1 atom stereocenters. The summed E-state index contributed by atoms with van der Waals surface area (Å²) in [6.07, 6.45) is -0.336. The van der Waals surface area contributed by atoms with Crippen LogP contribution in [0.1, 0.15) is 6.42 Å². The molecule has 1 heterocycles. The van der Waals surface area contributed by atoms with E-state index >= 15 is 0 Å². The van der Waals surface area contributed by atoms with Crippen LogP contribution in [-0.2, 0) is 4.79 Å². The van der Waals surface area contributed by atoms with E-state index in [1.807, 2.05) is 0 Å². The average Bonchev–Trinajstić information content (AvgIpc) is 2.29. The van der Waals surface area contributed by atoms with Gasteiger partial charge < -0.3 is 10.1 Å². The number of hydrogen-bond acceptors (Lipinski definition) is 4. The molecule has 0 aromatic heterocycles. The summed E-state index contributed by atoms with van der Waals surface area (Å²) in [5, 5.41) is 13.2. The minimum atomic E-state index is -0.693. The summed E-state index contributed by atoms with van der Waals surface area (Å²) in [5.74, 6) is 0.295. The Bertz CT molecular complexity index is 477. The number of halogens is 1. The van der Waals surface area contributed by atoms with Gasteiger partial charge in [-0.25, -0.2) is 0 Å². The number of rotatable bonds is 3. The molecule has 0 saturated heterocycles. The highest BCUT2D eigenvalue weighted by Gasteiger charge is 2.28. The van der Waals surface area contributed by atoms with E-state index in [-0.39, 0.29) is 17.5 Å². The third-order valence-corrected chi connectivity index (χ3v) is 2.59. The highest BCUT2D eigenvalue weighted by Crippen LogP contribution is 2.33. The molecule has 1 aromatic rings. The average molecular weight is 257 g/mol. The van der Waals surface area contributed by atoms with Crippen LogP contribution in [0.25, 0.3) is 0 Å². The van der Waals surface area contributed by atoms with Crippen LogP contribution in [0.2, 0.25) is 0 Å². The number of nitrogens with zero attached hydrogens (tertiary/aromatic N) is 1. The van der Waals surface area contributed by atoms with Crippen LogP contribution in [0.5, 0.6) is 5.75 Å². The van der Waals surface area contributed by atoms with Crippen molar-refractivity contribution in [3.8, 4) is 5.75 Å². The molecule has 90 valence electrons. The largest absolute Gasteiger partial charge is 0.478 e. The van der Waals surface area contributed by atoms with Gasteiger partial charge in [-0.3, -0.25) is 14.9 Å². The predicted octanol–water partition coefficient (Wildman–Crippen LogP) is 1.92. The Morgan fingerprint density at radius 3 is 2.94 bits per heavy atom. The minimum absolute atomic E-state index is 0.0791. The molecule has 1 amide bonds. The molecule has 0 unspecified atom stereocenters. The standard InChI is InChI=1S/C10H9ClN2O4/c11-4-3-8-10(14)12-7-2-1-6(13(15)16)5-9(7)17-8/h1-2,5,8H,3-4H2,(H,12,14)/t8-/m0/s1. The Labute approximate surface area is 102 Å². The predicted molar refractivity (Wildman–Crippen MR) is 61.5 cm³/mol. The number of anilines is 1. The highest BCUT2D eigenvalue weighted by atomic mass is 35.5. The number of carbonyl (C=O) groups is 1. The molecule has 0 radical (unpaired) electrons. The van der Waals surface area contributed by atoms with E-state index in [1.165, 1.54) is 18.2 Å². The molecule has 2 rings (SSSR count). The van der Waals surface area contributed by atoms with Crippen LogP contribution in [0.3, 0.4) is 0 Å². The van der Waals surface area contributed by atoms with Crippen molar-refractivity contribution in [2.45, 2.75) is 12.5 Å². The van der Waals surface area contributed by atoms with Crippen LogP contribution in [0.15, 0.2) is 18.2 Å². The Balaban J connectivity index is 2.30. The zero-order chi connectivity index (χ0) is 12.4. The number of non-ortho nitro benzene ring substituents is 1. The maximum absolute atomic E-state index is 11.5. The molecule has 1 N–H and O–H groups in total. The van der Waals surface area contributed by atoms with Gasteiger partial charge in [0.05, 0.1) is 16.7 Å². The molecule has 17 heavy (non-hydrogen) atoms. The number of alkyl halides is 1. The molecule has 0 saturated carbocycles. The van der Waals surface area contributed by atoms with Gasteiger partial charge in [0.1, 0.15) is 0 Å². The van der Waals surface area contributed by atoms with Gasteiger partial charge in [-0.2, -0.15) is 0 Å². The maximum Gasteiger partial charge on any atom is 0.273 e. The fourth-order valence-corrected chi connectivity index (χ4v) is 1.73. The van der Waals surface area contributed by atoms with Crippen LogP contribution >= 0.6 is 11.6 Å². The van der Waals surface area contributed by atoms with E-state index in [9.17, 15) is 14.9 Å². The first kappa shape index (κ1) is 11.7. The Morgan fingerprint density at radius 2 is 2.29 bits per heavy atom. The summed E-state index contributed by atoms with van der Waals surface area (Å²) >= 11 is 5.54. The number of nitro benzene ring substituents is 1. The monoisotopic (exact) mass is 256 g/mol. The first-order valence-electron chi connectivity index (χ1n) is 4.93. The third kappa shape index (κ3) is 2.31. The van der Waals surface area contributed by atoms with Crippen LogP contribution < -0.4 is 10.1 Å². The summed E-state index contributed by atoms with van der Waals surface area (Å²) < 4.78 is 5.37. The fraction of sp³-hybridized carbons (Fsp3) is 0.300. The maximum atomic E-state index is 11.5. The number of hydrogen-bond donors (Lipinski definition) is 1. The normalized spacial score (nSPS) is 17.9. The topological polar surface area (TPSA) is 81.5 Å². The lowest BCUT2D eigenvalue weighted by Crippen LogP contribution is -2.37. The van der Waals surface area contributed by atoms with E-state index < -0.39 is 11.0 Å². The molecule has 0 aliphatic carbocycles. The van der Waals surface area contributed by atoms with Crippen molar-refractivity contribution < 1.29 is 14.5 Å². The molecule has 0 fully saturated rings. The summed E-state index contributed by atoms with van der Waals surface area (Å²) in [6, 6.07) is 4.04. The number of carbonyl (C=O) groups excluding carboxylic acids is 1. The first-order valence-corrected chi connectivity index (χ1v) is 5.47. The number of nitrogens with one attached hydrogen (secondary N) is 1. The van der Waals surface area contributed by atoms with Gasteiger partial charge in [-0.1, -0.05) is 0 Å². The minimum Gasteiger partial charge on any atom is -0.478 e. The molecule has 7 heteroatoms. The van der Waals surface area contributed by atoms with Crippen LogP contribution in [-0.4, -0.2) is 22.8 Å². The lowest BCUT2D eigenvalue weighted by atomic mass is 10.1. The molecule has 6 nitrogen and oxygen atoms in total. The first-order chi connectivity index (χ1) is 8.11. The number of ether oxygens (including phenoxy) is 1. The molecule has 1 aliphatic rings. The smallest absolute Gasteiger partial charge is 0.273 e. The van der Waals surface area contributed by atoms with E-state index in [1.54, 1.807) is 0 Å². The van der Waals surface area contributed by atoms with Crippen molar-refractivity contribution >= 4 is 28.9 Å². The van der Waals surface area contributed by atoms with E-state index in [2.05, 4.69) is 5.32 Å². The highest BCUT2D eigenvalue weighted by molar-refractivity contribution is 6.18. The van der Waals surface area contributed by atoms with Crippen molar-refractivity contribution in [3.63, 3.8) is 0 Å². The van der Waals surface area contributed by atoms with Gasteiger partial charge in [0.15, 0.2) is 11.9 Å². The van der Waals surface area contributed by atoms with Crippen LogP contribution in [0, 0.1) is 10.1 Å². The summed E-state index contributed by atoms with van der Waals surface area (Å²) in [5.41, 5.74) is 0.357. The number of amides is 1. The van der Waals surface area contributed by atoms with E-state index in [4.69, 9.17) is 16.3 Å². The van der Waals surface area contributed by atoms with E-state index in [0.717, 1.165) is 0 Å². The second-order valence-corrected chi connectivity index (χ2v) is 3.89. The Hall–Kier alpha value is -1.82. The molecule has 0 bridgehead atoms. The zero-order valence-corrected chi connectivity index (χ0v) is 9.44. The molecule has 1 aromatic carbocycles. The summed E-state index contributed by atoms with van der Waals surface area (Å²) in [6.45, 7) is 0. The van der Waals surface area contributed by atoms with Crippen molar-refractivity contribution in [2.75, 3.05) is 11.2 Å². The van der Waals surface area contributed by atoms with Gasteiger partial charge in [0.2, 0.25) is 0 Å². The molecule has 0 spiro atoms. The van der Waals surface area contributed by atoms with Crippen molar-refractivity contribution in [3.05, 3.63) is 28.3 Å². The van der Waals surface area contributed by atoms with Gasteiger partial charge in [-0.05, 0) is 6.07 Å². The van der Waals surface area contributed by atoms with Crippen molar-refractivity contribution in [1.82, 2.24) is 0 Å². The van der Waals surface area contributed by atoms with Crippen LogP contribution in [0.4, 0.5) is 11.4 Å². The second-order valence-electron chi connectivity index (χ2n) is 3.51. The van der Waals surface area contributed by atoms with Crippen molar-refractivity contribution in [1.29, 1.82) is 0 Å². The van der Waals surface area contributed by atoms with E-state index in [0.29, 0.717) is 17.9 Å². The van der Waals surface area contributed by atoms with Gasteiger partial charge in [-0.15, -0.1) is 11.6 Å². The lowest BCUT2D eigenvalue weighted by molar-refractivity contribution is -0.384. The molecule has 1 aliphatic heterocycles. The fourth-order valence-electron chi connectivity index (χ4n) is 1.53. The number of nitro groups is 1. The SMILES string of the molecule is O=C1Nc2ccc([N+](=O)[O-])cc2O[C@H]1CCCl. The molecular formula is C10H9ClN2O4. The molecular weight excluding hydrogens is 248 g/mol. The number of fused-ring (bicyclic) bond motifs is 1. The van der Waals surface area contributed by atoms with Gasteiger partial charge in [0.25, 0.3) is 11.6 Å². The summed E-state index contributed by atoms with van der Waals surface area (Å²) in [4.78, 5) is 21.6. The third-order valence-electron chi connectivity index (χ3n) is 2.37. The lowest BCUT2D eigenvalue weighted by Gasteiger charge is -2.24.